The number of carbonyl (C=O) groups is 2. The van der Waals surface area contributed by atoms with Crippen molar-refractivity contribution in [2.24, 2.45) is 0 Å². The Morgan fingerprint density at radius 3 is 2.70 bits per heavy atom. The normalized spacial score (nSPS) is 15.8. The Balaban J connectivity index is 1.83. The first-order valence-electron chi connectivity index (χ1n) is 7.68. The third-order valence-electron chi connectivity index (χ3n) is 4.34. The minimum atomic E-state index is -0.358. The molecule has 0 fully saturated rings. The monoisotopic (exact) mass is 309 g/mol. The van der Waals surface area contributed by atoms with Crippen LogP contribution in [-0.4, -0.2) is 19.0 Å². The van der Waals surface area contributed by atoms with Gasteiger partial charge in [-0.1, -0.05) is 24.3 Å². The number of amides is 1. The summed E-state index contributed by atoms with van der Waals surface area (Å²) in [5, 5.41) is 3.09. The molecule has 1 aliphatic rings. The average molecular weight is 309 g/mol. The zero-order valence-corrected chi connectivity index (χ0v) is 13.3. The van der Waals surface area contributed by atoms with Crippen LogP contribution in [0.3, 0.4) is 0 Å². The summed E-state index contributed by atoms with van der Waals surface area (Å²) in [6, 6.07) is 13.0. The summed E-state index contributed by atoms with van der Waals surface area (Å²) in [6.07, 6.45) is 1.74. The number of benzene rings is 2. The van der Waals surface area contributed by atoms with Crippen LogP contribution in [0.1, 0.15) is 49.9 Å². The molecule has 0 bridgehead atoms. The minimum absolute atomic E-state index is 0.0679. The third-order valence-corrected chi connectivity index (χ3v) is 4.34. The van der Waals surface area contributed by atoms with Gasteiger partial charge in [0.1, 0.15) is 0 Å². The van der Waals surface area contributed by atoms with E-state index in [1.165, 1.54) is 12.7 Å². The summed E-state index contributed by atoms with van der Waals surface area (Å²) in [6.45, 7) is 1.92. The topological polar surface area (TPSA) is 55.4 Å². The van der Waals surface area contributed by atoms with Crippen LogP contribution >= 0.6 is 0 Å². The fourth-order valence-electron chi connectivity index (χ4n) is 3.06. The van der Waals surface area contributed by atoms with E-state index in [0.717, 1.165) is 24.0 Å². The molecule has 118 valence electrons. The Labute approximate surface area is 135 Å². The average Bonchev–Trinajstić information content (AvgIpc) is 2.96. The molecule has 0 aliphatic heterocycles. The van der Waals surface area contributed by atoms with E-state index in [1.807, 2.05) is 43.3 Å². The molecule has 0 saturated carbocycles. The largest absolute Gasteiger partial charge is 0.465 e. The maximum absolute atomic E-state index is 12.5. The van der Waals surface area contributed by atoms with Gasteiger partial charge in [-0.15, -0.1) is 0 Å². The van der Waals surface area contributed by atoms with Crippen LogP contribution in [0, 0.1) is 6.92 Å². The molecule has 2 aromatic rings. The van der Waals surface area contributed by atoms with Gasteiger partial charge in [-0.05, 0) is 54.7 Å². The second-order valence-corrected chi connectivity index (χ2v) is 5.78. The van der Waals surface area contributed by atoms with Crippen molar-refractivity contribution in [3.05, 3.63) is 70.3 Å². The summed E-state index contributed by atoms with van der Waals surface area (Å²) < 4.78 is 4.77. The first-order valence-corrected chi connectivity index (χ1v) is 7.68. The lowest BCUT2D eigenvalue weighted by molar-refractivity contribution is 0.0600. The number of hydrogen-bond donors (Lipinski definition) is 1. The van der Waals surface area contributed by atoms with Crippen molar-refractivity contribution < 1.29 is 14.3 Å². The molecule has 3 rings (SSSR count). The standard InChI is InChI=1S/C19H19NO3/c1-12-5-3-4-6-15(12)18(21)20-17-10-9-13-7-8-14(11-16(13)17)19(22)23-2/h3-8,11,17H,9-10H2,1-2H3,(H,20,21). The summed E-state index contributed by atoms with van der Waals surface area (Å²) in [4.78, 5) is 24.2. The van der Waals surface area contributed by atoms with Gasteiger partial charge in [-0.2, -0.15) is 0 Å². The first kappa shape index (κ1) is 15.3. The van der Waals surface area contributed by atoms with E-state index in [2.05, 4.69) is 5.32 Å². The Bertz CT molecular complexity index is 767. The van der Waals surface area contributed by atoms with Gasteiger partial charge in [0, 0.05) is 5.56 Å². The van der Waals surface area contributed by atoms with Crippen molar-refractivity contribution in [1.29, 1.82) is 0 Å². The predicted octanol–water partition coefficient (Wildman–Crippen LogP) is 3.20. The number of aryl methyl sites for hydroxylation is 2. The predicted molar refractivity (Wildman–Crippen MR) is 87.5 cm³/mol. The Kier molecular flexibility index (Phi) is 4.15. The molecule has 1 amide bonds. The lowest BCUT2D eigenvalue weighted by Gasteiger charge is -2.16. The van der Waals surface area contributed by atoms with E-state index < -0.39 is 0 Å². The van der Waals surface area contributed by atoms with Crippen molar-refractivity contribution in [2.75, 3.05) is 7.11 Å². The van der Waals surface area contributed by atoms with Crippen LogP contribution in [0.4, 0.5) is 0 Å². The van der Waals surface area contributed by atoms with E-state index in [9.17, 15) is 9.59 Å². The molecule has 1 unspecified atom stereocenters. The molecule has 0 aromatic heterocycles. The van der Waals surface area contributed by atoms with Crippen molar-refractivity contribution >= 4 is 11.9 Å². The van der Waals surface area contributed by atoms with Crippen molar-refractivity contribution in [3.8, 4) is 0 Å². The van der Waals surface area contributed by atoms with Gasteiger partial charge in [-0.3, -0.25) is 4.79 Å². The fourth-order valence-corrected chi connectivity index (χ4v) is 3.06. The molecule has 0 heterocycles. The zero-order chi connectivity index (χ0) is 16.4. The molecule has 23 heavy (non-hydrogen) atoms. The highest BCUT2D eigenvalue weighted by molar-refractivity contribution is 5.96. The molecular formula is C19H19NO3. The van der Waals surface area contributed by atoms with Gasteiger partial charge >= 0.3 is 5.97 Å². The lowest BCUT2D eigenvalue weighted by Crippen LogP contribution is -2.27. The van der Waals surface area contributed by atoms with Gasteiger partial charge in [0.05, 0.1) is 18.7 Å². The van der Waals surface area contributed by atoms with Crippen LogP contribution in [0.2, 0.25) is 0 Å². The van der Waals surface area contributed by atoms with E-state index >= 15 is 0 Å². The van der Waals surface area contributed by atoms with Crippen molar-refractivity contribution in [2.45, 2.75) is 25.8 Å². The second-order valence-electron chi connectivity index (χ2n) is 5.78. The fraction of sp³-hybridized carbons (Fsp3) is 0.263. The molecule has 1 aliphatic carbocycles. The number of rotatable bonds is 3. The minimum Gasteiger partial charge on any atom is -0.465 e. The van der Waals surface area contributed by atoms with Gasteiger partial charge in [0.25, 0.3) is 5.91 Å². The highest BCUT2D eigenvalue weighted by Crippen LogP contribution is 2.32. The molecule has 4 heteroatoms. The summed E-state index contributed by atoms with van der Waals surface area (Å²) in [7, 11) is 1.37. The maximum Gasteiger partial charge on any atom is 0.337 e. The van der Waals surface area contributed by atoms with Crippen molar-refractivity contribution in [1.82, 2.24) is 5.32 Å². The molecular weight excluding hydrogens is 290 g/mol. The molecule has 2 aromatic carbocycles. The molecule has 0 radical (unpaired) electrons. The number of ether oxygens (including phenoxy) is 1. The van der Waals surface area contributed by atoms with E-state index in [1.54, 1.807) is 6.07 Å². The van der Waals surface area contributed by atoms with E-state index in [-0.39, 0.29) is 17.9 Å². The number of carbonyl (C=O) groups excluding carboxylic acids is 2. The van der Waals surface area contributed by atoms with Gasteiger partial charge in [0.2, 0.25) is 0 Å². The van der Waals surface area contributed by atoms with Gasteiger partial charge in [-0.25, -0.2) is 4.79 Å². The van der Waals surface area contributed by atoms with E-state index in [4.69, 9.17) is 4.74 Å². The Hall–Kier alpha value is -2.62. The summed E-state index contributed by atoms with van der Waals surface area (Å²) >= 11 is 0. The summed E-state index contributed by atoms with van der Waals surface area (Å²) in [5.41, 5.74) is 4.34. The number of fused-ring (bicyclic) bond motifs is 1. The van der Waals surface area contributed by atoms with Crippen LogP contribution < -0.4 is 5.32 Å². The number of nitrogens with one attached hydrogen (secondary N) is 1. The van der Waals surface area contributed by atoms with Crippen LogP contribution in [0.25, 0.3) is 0 Å². The molecule has 1 N–H and O–H groups in total. The lowest BCUT2D eigenvalue weighted by atomic mass is 10.0. The maximum atomic E-state index is 12.5. The van der Waals surface area contributed by atoms with Gasteiger partial charge < -0.3 is 10.1 Å². The SMILES string of the molecule is COC(=O)c1ccc2c(c1)C(NC(=O)c1ccccc1C)CC2. The molecule has 0 spiro atoms. The first-order chi connectivity index (χ1) is 11.1. The molecule has 4 nitrogen and oxygen atoms in total. The second kappa shape index (κ2) is 6.24. The number of methoxy groups -OCH3 is 1. The van der Waals surface area contributed by atoms with Crippen LogP contribution in [0.5, 0.6) is 0 Å². The van der Waals surface area contributed by atoms with Gasteiger partial charge in [0.15, 0.2) is 0 Å². The number of hydrogen-bond acceptors (Lipinski definition) is 3. The van der Waals surface area contributed by atoms with Crippen LogP contribution in [0.15, 0.2) is 42.5 Å². The quantitative estimate of drug-likeness (QED) is 0.886. The van der Waals surface area contributed by atoms with Crippen LogP contribution in [-0.2, 0) is 11.2 Å². The highest BCUT2D eigenvalue weighted by atomic mass is 16.5. The van der Waals surface area contributed by atoms with Crippen molar-refractivity contribution in [3.63, 3.8) is 0 Å². The number of esters is 1. The zero-order valence-electron chi connectivity index (χ0n) is 13.3. The molecule has 0 saturated heterocycles. The smallest absolute Gasteiger partial charge is 0.337 e. The van der Waals surface area contributed by atoms with E-state index in [0.29, 0.717) is 11.1 Å². The third kappa shape index (κ3) is 2.97. The molecule has 1 atom stereocenters. The summed E-state index contributed by atoms with van der Waals surface area (Å²) in [5.74, 6) is -0.437. The highest BCUT2D eigenvalue weighted by Gasteiger charge is 2.26. The Morgan fingerprint density at radius 2 is 1.96 bits per heavy atom. The Morgan fingerprint density at radius 1 is 1.17 bits per heavy atom.